The number of hydrogen-bond donors (Lipinski definition) is 0. The van der Waals surface area contributed by atoms with Crippen LogP contribution < -0.4 is 0 Å². The average molecular weight is 356 g/mol. The van der Waals surface area contributed by atoms with Crippen molar-refractivity contribution in [2.75, 3.05) is 26.2 Å². The smallest absolute Gasteiger partial charge is 0.274 e. The van der Waals surface area contributed by atoms with Crippen molar-refractivity contribution in [2.24, 2.45) is 5.41 Å². The predicted octanol–water partition coefficient (Wildman–Crippen LogP) is 3.06. The maximum Gasteiger partial charge on any atom is 0.274 e. The number of hydrogen-bond acceptors (Lipinski definition) is 5. The lowest BCUT2D eigenvalue weighted by Gasteiger charge is -2.46. The van der Waals surface area contributed by atoms with E-state index in [1.165, 1.54) is 31.5 Å². The number of rotatable bonds is 3. The fourth-order valence-corrected chi connectivity index (χ4v) is 4.74. The van der Waals surface area contributed by atoms with E-state index in [-0.39, 0.29) is 5.91 Å². The van der Waals surface area contributed by atoms with E-state index in [0.29, 0.717) is 11.1 Å². The van der Waals surface area contributed by atoms with Gasteiger partial charge < -0.3 is 4.90 Å². The van der Waals surface area contributed by atoms with Crippen molar-refractivity contribution in [3.05, 3.63) is 46.7 Å². The van der Waals surface area contributed by atoms with Crippen LogP contribution in [0.2, 0.25) is 0 Å². The van der Waals surface area contributed by atoms with Gasteiger partial charge in [0.05, 0.1) is 6.20 Å². The topological polar surface area (TPSA) is 49.3 Å². The van der Waals surface area contributed by atoms with Crippen molar-refractivity contribution in [3.63, 3.8) is 0 Å². The summed E-state index contributed by atoms with van der Waals surface area (Å²) in [7, 11) is 0. The zero-order valence-corrected chi connectivity index (χ0v) is 15.2. The first-order valence-electron chi connectivity index (χ1n) is 9.03. The molecule has 2 aliphatic rings. The zero-order chi connectivity index (χ0) is 17.1. The number of carbonyl (C=O) groups excluding carboxylic acids is 1. The Labute approximate surface area is 152 Å². The van der Waals surface area contributed by atoms with Gasteiger partial charge in [-0.1, -0.05) is 0 Å². The van der Waals surface area contributed by atoms with E-state index in [4.69, 9.17) is 0 Å². The molecule has 1 spiro atoms. The molecule has 132 valence electrons. The van der Waals surface area contributed by atoms with Gasteiger partial charge in [-0.25, -0.2) is 4.98 Å². The standard InChI is InChI=1S/C19H24N4OS/c24-18(17-13-20-6-7-21-17)23-10-4-19(5-11-23)2-8-22(9-3-19)14-16-1-12-25-15-16/h1,6-7,12-13,15H,2-5,8-11,14H2. The lowest BCUT2D eigenvalue weighted by atomic mass is 9.71. The molecular formula is C19H24N4OS. The lowest BCUT2D eigenvalue weighted by Crippen LogP contribution is -2.48. The molecule has 5 nitrogen and oxygen atoms in total. The number of thiophene rings is 1. The van der Waals surface area contributed by atoms with Crippen LogP contribution in [0.4, 0.5) is 0 Å². The van der Waals surface area contributed by atoms with Crippen LogP contribution in [-0.4, -0.2) is 51.9 Å². The van der Waals surface area contributed by atoms with Gasteiger partial charge in [0.1, 0.15) is 5.69 Å². The molecule has 0 radical (unpaired) electrons. The molecule has 25 heavy (non-hydrogen) atoms. The van der Waals surface area contributed by atoms with Gasteiger partial charge >= 0.3 is 0 Å². The summed E-state index contributed by atoms with van der Waals surface area (Å²) >= 11 is 1.78. The first-order chi connectivity index (χ1) is 12.2. The van der Waals surface area contributed by atoms with Gasteiger partial charge in [-0.2, -0.15) is 11.3 Å². The number of aromatic nitrogens is 2. The number of nitrogens with zero attached hydrogens (tertiary/aromatic N) is 4. The first-order valence-corrected chi connectivity index (χ1v) is 9.97. The summed E-state index contributed by atoms with van der Waals surface area (Å²) in [5.41, 5.74) is 2.33. The Kier molecular flexibility index (Phi) is 4.81. The Hall–Kier alpha value is -1.79. The van der Waals surface area contributed by atoms with Crippen LogP contribution in [0.3, 0.4) is 0 Å². The molecule has 0 N–H and O–H groups in total. The summed E-state index contributed by atoms with van der Waals surface area (Å²) in [5.74, 6) is 0.0258. The van der Waals surface area contributed by atoms with E-state index >= 15 is 0 Å². The predicted molar refractivity (Wildman–Crippen MR) is 98.4 cm³/mol. The Morgan fingerprint density at radius 1 is 1.12 bits per heavy atom. The summed E-state index contributed by atoms with van der Waals surface area (Å²) in [6, 6.07) is 2.23. The van der Waals surface area contributed by atoms with Crippen LogP contribution in [0.1, 0.15) is 41.7 Å². The summed E-state index contributed by atoms with van der Waals surface area (Å²) < 4.78 is 0. The summed E-state index contributed by atoms with van der Waals surface area (Å²) in [6.07, 6.45) is 9.49. The number of amides is 1. The van der Waals surface area contributed by atoms with Crippen molar-refractivity contribution >= 4 is 17.2 Å². The van der Waals surface area contributed by atoms with Gasteiger partial charge in [0, 0.05) is 32.0 Å². The molecule has 0 bridgehead atoms. The van der Waals surface area contributed by atoms with Gasteiger partial charge in [-0.3, -0.25) is 14.7 Å². The Bertz CT molecular complexity index is 685. The summed E-state index contributed by atoms with van der Waals surface area (Å²) in [4.78, 5) is 25.2. The van der Waals surface area contributed by atoms with E-state index in [1.807, 2.05) is 4.90 Å². The first kappa shape index (κ1) is 16.7. The van der Waals surface area contributed by atoms with Gasteiger partial charge in [0.2, 0.25) is 0 Å². The SMILES string of the molecule is O=C(c1cnccn1)N1CCC2(CCN(Cc3ccsc3)CC2)CC1. The molecule has 0 aromatic carbocycles. The maximum atomic E-state index is 12.5. The largest absolute Gasteiger partial charge is 0.337 e. The van der Waals surface area contributed by atoms with Crippen molar-refractivity contribution in [2.45, 2.75) is 32.2 Å². The third-order valence-electron chi connectivity index (χ3n) is 5.80. The Morgan fingerprint density at radius 3 is 2.52 bits per heavy atom. The minimum atomic E-state index is 0.0258. The van der Waals surface area contributed by atoms with E-state index in [2.05, 4.69) is 31.7 Å². The second kappa shape index (κ2) is 7.22. The third-order valence-corrected chi connectivity index (χ3v) is 6.53. The zero-order valence-electron chi connectivity index (χ0n) is 14.4. The molecule has 1 amide bonds. The quantitative estimate of drug-likeness (QED) is 0.848. The van der Waals surface area contributed by atoms with E-state index in [0.717, 1.165) is 32.5 Å². The highest BCUT2D eigenvalue weighted by molar-refractivity contribution is 7.07. The average Bonchev–Trinajstić information content (AvgIpc) is 3.18. The molecule has 2 saturated heterocycles. The number of piperidine rings is 2. The van der Waals surface area contributed by atoms with Crippen LogP contribution in [0.25, 0.3) is 0 Å². The highest BCUT2D eigenvalue weighted by Gasteiger charge is 2.38. The second-order valence-electron chi connectivity index (χ2n) is 7.29. The van der Waals surface area contributed by atoms with Gasteiger partial charge in [-0.15, -0.1) is 0 Å². The van der Waals surface area contributed by atoms with Crippen molar-refractivity contribution < 1.29 is 4.79 Å². The van der Waals surface area contributed by atoms with Crippen molar-refractivity contribution in [1.29, 1.82) is 0 Å². The van der Waals surface area contributed by atoms with Gasteiger partial charge in [0.25, 0.3) is 5.91 Å². The molecule has 0 unspecified atom stereocenters. The molecule has 2 aromatic heterocycles. The minimum absolute atomic E-state index is 0.0258. The normalized spacial score (nSPS) is 20.7. The molecule has 4 rings (SSSR count). The fraction of sp³-hybridized carbons (Fsp3) is 0.526. The van der Waals surface area contributed by atoms with E-state index in [1.54, 1.807) is 29.9 Å². The van der Waals surface area contributed by atoms with Gasteiger partial charge in [0.15, 0.2) is 0 Å². The van der Waals surface area contributed by atoms with Crippen LogP contribution >= 0.6 is 11.3 Å². The molecular weight excluding hydrogens is 332 g/mol. The van der Waals surface area contributed by atoms with E-state index in [9.17, 15) is 4.79 Å². The third kappa shape index (κ3) is 3.75. The highest BCUT2D eigenvalue weighted by Crippen LogP contribution is 2.41. The summed E-state index contributed by atoms with van der Waals surface area (Å²) in [5, 5.41) is 4.41. The van der Waals surface area contributed by atoms with Crippen LogP contribution in [0.5, 0.6) is 0 Å². The highest BCUT2D eigenvalue weighted by atomic mass is 32.1. The van der Waals surface area contributed by atoms with Crippen LogP contribution in [0.15, 0.2) is 35.4 Å². The molecule has 0 atom stereocenters. The molecule has 4 heterocycles. The Morgan fingerprint density at radius 2 is 1.88 bits per heavy atom. The molecule has 2 aliphatic heterocycles. The number of carbonyl (C=O) groups is 1. The Balaban J connectivity index is 1.29. The molecule has 2 aromatic rings. The maximum absolute atomic E-state index is 12.5. The fourth-order valence-electron chi connectivity index (χ4n) is 4.08. The van der Waals surface area contributed by atoms with Gasteiger partial charge in [-0.05, 0) is 66.6 Å². The van der Waals surface area contributed by atoms with Crippen molar-refractivity contribution in [1.82, 2.24) is 19.8 Å². The van der Waals surface area contributed by atoms with Crippen molar-refractivity contribution in [3.8, 4) is 0 Å². The molecule has 0 saturated carbocycles. The monoisotopic (exact) mass is 356 g/mol. The number of likely N-dealkylation sites (tertiary alicyclic amines) is 2. The summed E-state index contributed by atoms with van der Waals surface area (Å²) in [6.45, 7) is 5.12. The van der Waals surface area contributed by atoms with Crippen LogP contribution in [0, 0.1) is 5.41 Å². The lowest BCUT2D eigenvalue weighted by molar-refractivity contribution is 0.0282. The minimum Gasteiger partial charge on any atom is -0.337 e. The molecule has 6 heteroatoms. The molecule has 2 fully saturated rings. The van der Waals surface area contributed by atoms with Crippen LogP contribution in [-0.2, 0) is 6.54 Å². The van der Waals surface area contributed by atoms with E-state index < -0.39 is 0 Å². The second-order valence-corrected chi connectivity index (χ2v) is 8.07. The molecule has 0 aliphatic carbocycles.